The zero-order chi connectivity index (χ0) is 19.6. The predicted octanol–water partition coefficient (Wildman–Crippen LogP) is 4.58. The molecule has 4 heteroatoms. The van der Waals surface area contributed by atoms with E-state index >= 15 is 0 Å². The van der Waals surface area contributed by atoms with Gasteiger partial charge < -0.3 is 10.4 Å². The fourth-order valence-corrected chi connectivity index (χ4v) is 3.27. The lowest BCUT2D eigenvalue weighted by atomic mass is 9.85. The molecule has 4 nitrogen and oxygen atoms in total. The van der Waals surface area contributed by atoms with Crippen molar-refractivity contribution < 1.29 is 14.7 Å². The summed E-state index contributed by atoms with van der Waals surface area (Å²) in [5.74, 6) is -1.48. The van der Waals surface area contributed by atoms with Gasteiger partial charge in [0.15, 0.2) is 0 Å². The first-order valence-electron chi connectivity index (χ1n) is 8.94. The number of fused-ring (bicyclic) bond motifs is 1. The van der Waals surface area contributed by atoms with Crippen molar-refractivity contribution in [2.45, 2.75) is 32.2 Å². The van der Waals surface area contributed by atoms with E-state index in [9.17, 15) is 14.7 Å². The van der Waals surface area contributed by atoms with Crippen LogP contribution in [0.2, 0.25) is 0 Å². The summed E-state index contributed by atoms with van der Waals surface area (Å²) in [5, 5.41) is 14.0. The normalized spacial score (nSPS) is 12.6. The Morgan fingerprint density at radius 3 is 2.22 bits per heavy atom. The van der Waals surface area contributed by atoms with Crippen LogP contribution in [-0.4, -0.2) is 22.5 Å². The molecule has 0 aliphatic carbocycles. The van der Waals surface area contributed by atoms with Crippen molar-refractivity contribution in [2.24, 2.45) is 0 Å². The third kappa shape index (κ3) is 3.70. The van der Waals surface area contributed by atoms with Gasteiger partial charge in [-0.2, -0.15) is 0 Å². The maximum absolute atomic E-state index is 13.0. The Labute approximate surface area is 158 Å². The van der Waals surface area contributed by atoms with Crippen LogP contribution in [0.5, 0.6) is 0 Å². The van der Waals surface area contributed by atoms with Crippen molar-refractivity contribution in [1.82, 2.24) is 5.32 Å². The zero-order valence-electron chi connectivity index (χ0n) is 15.7. The van der Waals surface area contributed by atoms with Crippen molar-refractivity contribution in [3.05, 3.63) is 83.4 Å². The van der Waals surface area contributed by atoms with E-state index < -0.39 is 11.5 Å². The lowest BCUT2D eigenvalue weighted by molar-refractivity contribution is -0.143. The van der Waals surface area contributed by atoms with Gasteiger partial charge in [0.1, 0.15) is 5.54 Å². The fourth-order valence-electron chi connectivity index (χ4n) is 3.27. The van der Waals surface area contributed by atoms with Crippen molar-refractivity contribution in [2.75, 3.05) is 0 Å². The third-order valence-corrected chi connectivity index (χ3v) is 4.91. The minimum atomic E-state index is -1.35. The van der Waals surface area contributed by atoms with E-state index in [1.807, 2.05) is 60.7 Å². The van der Waals surface area contributed by atoms with Crippen LogP contribution in [0.3, 0.4) is 0 Å². The van der Waals surface area contributed by atoms with Crippen LogP contribution in [0.4, 0.5) is 0 Å². The van der Waals surface area contributed by atoms with Crippen molar-refractivity contribution in [1.29, 1.82) is 0 Å². The Morgan fingerprint density at radius 1 is 0.926 bits per heavy atom. The highest BCUT2D eigenvalue weighted by atomic mass is 16.4. The van der Waals surface area contributed by atoms with Crippen LogP contribution in [-0.2, 0) is 4.79 Å². The number of rotatable bonds is 5. The Kier molecular flexibility index (Phi) is 5.00. The molecule has 0 spiro atoms. The summed E-state index contributed by atoms with van der Waals surface area (Å²) in [5.41, 5.74) is 1.15. The van der Waals surface area contributed by atoms with Gasteiger partial charge in [0.2, 0.25) is 0 Å². The highest BCUT2D eigenvalue weighted by Crippen LogP contribution is 2.33. The minimum Gasteiger partial charge on any atom is -0.480 e. The quantitative estimate of drug-likeness (QED) is 0.699. The molecule has 2 N–H and O–H groups in total. The first kappa shape index (κ1) is 18.6. The Morgan fingerprint density at radius 2 is 1.56 bits per heavy atom. The summed E-state index contributed by atoms with van der Waals surface area (Å²) in [6.45, 7) is 5.03. The second-order valence-corrected chi connectivity index (χ2v) is 7.26. The van der Waals surface area contributed by atoms with Gasteiger partial charge >= 0.3 is 5.97 Å². The molecule has 1 atom stereocenters. The van der Waals surface area contributed by atoms with E-state index in [2.05, 4.69) is 12.2 Å². The number of amides is 1. The first-order chi connectivity index (χ1) is 12.8. The van der Waals surface area contributed by atoms with Crippen LogP contribution in [0.15, 0.2) is 66.7 Å². The maximum atomic E-state index is 13.0. The number of carbonyl (C=O) groups excluding carboxylic acids is 1. The number of aliphatic carboxylic acids is 1. The molecule has 0 aliphatic rings. The van der Waals surface area contributed by atoms with Gasteiger partial charge in [0, 0.05) is 11.5 Å². The minimum absolute atomic E-state index is 0.0222. The van der Waals surface area contributed by atoms with E-state index in [4.69, 9.17) is 0 Å². The second kappa shape index (κ2) is 7.23. The molecule has 0 fully saturated rings. The first-order valence-corrected chi connectivity index (χ1v) is 8.94. The van der Waals surface area contributed by atoms with Crippen LogP contribution in [0, 0.1) is 0 Å². The summed E-state index contributed by atoms with van der Waals surface area (Å²) in [6.07, 6.45) is 0. The molecule has 1 unspecified atom stereocenters. The lowest BCUT2D eigenvalue weighted by Crippen LogP contribution is -2.49. The average Bonchev–Trinajstić information content (AvgIpc) is 2.66. The summed E-state index contributed by atoms with van der Waals surface area (Å²) < 4.78 is 0. The molecule has 0 bridgehead atoms. The number of carboxylic acids is 1. The van der Waals surface area contributed by atoms with Crippen LogP contribution in [0.25, 0.3) is 10.8 Å². The summed E-state index contributed by atoms with van der Waals surface area (Å²) in [7, 11) is 0. The molecule has 138 valence electrons. The molecule has 0 saturated heterocycles. The predicted molar refractivity (Wildman–Crippen MR) is 107 cm³/mol. The Balaban J connectivity index is 2.16. The van der Waals surface area contributed by atoms with Crippen molar-refractivity contribution in [3.63, 3.8) is 0 Å². The maximum Gasteiger partial charge on any atom is 0.328 e. The molecule has 27 heavy (non-hydrogen) atoms. The highest BCUT2D eigenvalue weighted by Gasteiger charge is 2.31. The monoisotopic (exact) mass is 361 g/mol. The topological polar surface area (TPSA) is 66.4 Å². The van der Waals surface area contributed by atoms with Gasteiger partial charge in [-0.1, -0.05) is 67.6 Å². The molecule has 0 aromatic heterocycles. The number of carbonyl (C=O) groups is 2. The van der Waals surface area contributed by atoms with E-state index in [1.54, 1.807) is 6.07 Å². The highest BCUT2D eigenvalue weighted by molar-refractivity contribution is 6.03. The number of carboxylic acid groups (broad SMARTS) is 1. The zero-order valence-corrected chi connectivity index (χ0v) is 15.7. The van der Waals surface area contributed by atoms with Crippen molar-refractivity contribution in [3.8, 4) is 0 Å². The second-order valence-electron chi connectivity index (χ2n) is 7.26. The van der Waals surface area contributed by atoms with Crippen LogP contribution < -0.4 is 5.32 Å². The van der Waals surface area contributed by atoms with E-state index in [0.717, 1.165) is 21.9 Å². The molecule has 0 heterocycles. The fraction of sp³-hybridized carbons (Fsp3) is 0.217. The number of hydrogen-bond donors (Lipinski definition) is 2. The van der Waals surface area contributed by atoms with Gasteiger partial charge in [-0.05, 0) is 41.8 Å². The largest absolute Gasteiger partial charge is 0.480 e. The van der Waals surface area contributed by atoms with E-state index in [0.29, 0.717) is 5.56 Å². The molecule has 3 aromatic rings. The standard InChI is InChI=1S/C23H23NO3/c1-15(16-9-5-4-6-10-16)20-18-12-8-7-11-17(18)13-14-19(20)21(25)24-23(2,3)22(26)27/h4-15H,1-3H3,(H,24,25)(H,26,27). The third-order valence-electron chi connectivity index (χ3n) is 4.91. The smallest absolute Gasteiger partial charge is 0.328 e. The van der Waals surface area contributed by atoms with E-state index in [-0.39, 0.29) is 11.8 Å². The van der Waals surface area contributed by atoms with Crippen LogP contribution in [0.1, 0.15) is 48.2 Å². The number of nitrogens with one attached hydrogen (secondary N) is 1. The number of hydrogen-bond acceptors (Lipinski definition) is 2. The SMILES string of the molecule is CC(c1ccccc1)c1c(C(=O)NC(C)(C)C(=O)O)ccc2ccccc12. The molecule has 1 amide bonds. The van der Waals surface area contributed by atoms with Gasteiger partial charge in [-0.25, -0.2) is 4.79 Å². The molecular weight excluding hydrogens is 338 g/mol. The van der Waals surface area contributed by atoms with Gasteiger partial charge in [0.05, 0.1) is 0 Å². The molecule has 0 radical (unpaired) electrons. The lowest BCUT2D eigenvalue weighted by Gasteiger charge is -2.24. The van der Waals surface area contributed by atoms with Crippen LogP contribution >= 0.6 is 0 Å². The van der Waals surface area contributed by atoms with Gasteiger partial charge in [-0.3, -0.25) is 4.79 Å². The Bertz CT molecular complexity index is 993. The molecule has 0 aliphatic heterocycles. The van der Waals surface area contributed by atoms with Gasteiger partial charge in [-0.15, -0.1) is 0 Å². The summed E-state index contributed by atoms with van der Waals surface area (Å²) >= 11 is 0. The summed E-state index contributed by atoms with van der Waals surface area (Å²) in [6, 6.07) is 21.6. The summed E-state index contributed by atoms with van der Waals surface area (Å²) in [4.78, 5) is 24.4. The molecule has 3 rings (SSSR count). The Hall–Kier alpha value is -3.14. The van der Waals surface area contributed by atoms with E-state index in [1.165, 1.54) is 13.8 Å². The average molecular weight is 361 g/mol. The molecule has 3 aromatic carbocycles. The molecular formula is C23H23NO3. The number of benzene rings is 3. The van der Waals surface area contributed by atoms with Gasteiger partial charge in [0.25, 0.3) is 5.91 Å². The molecule has 0 saturated carbocycles. The van der Waals surface area contributed by atoms with Crippen molar-refractivity contribution >= 4 is 22.6 Å².